The molecule has 0 aliphatic rings. The summed E-state index contributed by atoms with van der Waals surface area (Å²) in [6.07, 6.45) is 0. The molecule has 0 aromatic heterocycles. The highest BCUT2D eigenvalue weighted by molar-refractivity contribution is 5.50. The van der Waals surface area contributed by atoms with Gasteiger partial charge in [-0.25, -0.2) is 0 Å². The van der Waals surface area contributed by atoms with Gasteiger partial charge < -0.3 is 9.84 Å². The molecule has 1 N–H and O–H groups in total. The molecular weight excluding hydrogens is 224 g/mol. The molecule has 0 amide bonds. The van der Waals surface area contributed by atoms with Crippen LogP contribution < -0.4 is 4.74 Å². The molecule has 0 saturated carbocycles. The maximum atomic E-state index is 10.0. The van der Waals surface area contributed by atoms with Crippen LogP contribution in [0.2, 0.25) is 0 Å². The number of phenols is 1. The highest BCUT2D eigenvalue weighted by atomic mass is 16.5. The van der Waals surface area contributed by atoms with Gasteiger partial charge in [-0.3, -0.25) is 0 Å². The first-order valence-electron chi connectivity index (χ1n) is 6.02. The maximum Gasteiger partial charge on any atom is 0.169 e. The summed E-state index contributed by atoms with van der Waals surface area (Å²) < 4.78 is 5.81. The molecule has 18 heavy (non-hydrogen) atoms. The fourth-order valence-corrected chi connectivity index (χ4v) is 2.03. The van der Waals surface area contributed by atoms with Crippen LogP contribution in [0.3, 0.4) is 0 Å². The Balaban J connectivity index is 2.40. The quantitative estimate of drug-likeness (QED) is 0.844. The van der Waals surface area contributed by atoms with E-state index in [0.29, 0.717) is 5.75 Å². The van der Waals surface area contributed by atoms with E-state index in [0.717, 1.165) is 22.4 Å². The number of rotatable bonds is 2. The lowest BCUT2D eigenvalue weighted by Gasteiger charge is -2.12. The van der Waals surface area contributed by atoms with Crippen molar-refractivity contribution in [3.63, 3.8) is 0 Å². The first-order chi connectivity index (χ1) is 8.47. The van der Waals surface area contributed by atoms with Gasteiger partial charge in [0.25, 0.3) is 0 Å². The van der Waals surface area contributed by atoms with E-state index in [2.05, 4.69) is 6.07 Å². The zero-order valence-electron chi connectivity index (χ0n) is 11.2. The third-order valence-corrected chi connectivity index (χ3v) is 2.96. The molecule has 2 nitrogen and oxygen atoms in total. The van der Waals surface area contributed by atoms with Crippen LogP contribution in [0.15, 0.2) is 30.3 Å². The molecule has 0 spiro atoms. The lowest BCUT2D eigenvalue weighted by atomic mass is 10.1. The minimum absolute atomic E-state index is 0.209. The average Bonchev–Trinajstić information content (AvgIpc) is 2.29. The molecule has 0 aliphatic carbocycles. The van der Waals surface area contributed by atoms with Crippen LogP contribution in [0, 0.1) is 27.7 Å². The molecule has 0 saturated heterocycles. The second-order valence-electron chi connectivity index (χ2n) is 4.80. The molecule has 0 atom stereocenters. The Hall–Kier alpha value is -1.96. The third kappa shape index (κ3) is 2.48. The number of aryl methyl sites for hydroxylation is 4. The van der Waals surface area contributed by atoms with Crippen LogP contribution in [0.4, 0.5) is 0 Å². The number of hydrogen-bond acceptors (Lipinski definition) is 2. The molecule has 94 valence electrons. The lowest BCUT2D eigenvalue weighted by Crippen LogP contribution is -1.91. The van der Waals surface area contributed by atoms with Crippen molar-refractivity contribution in [2.45, 2.75) is 27.7 Å². The fraction of sp³-hybridized carbons (Fsp3) is 0.250. The van der Waals surface area contributed by atoms with Crippen molar-refractivity contribution in [3.8, 4) is 17.2 Å². The van der Waals surface area contributed by atoms with Crippen molar-refractivity contribution in [2.75, 3.05) is 0 Å². The Bertz CT molecular complexity index is 586. The highest BCUT2D eigenvalue weighted by Crippen LogP contribution is 2.35. The minimum Gasteiger partial charge on any atom is -0.504 e. The van der Waals surface area contributed by atoms with Crippen molar-refractivity contribution in [1.29, 1.82) is 0 Å². The van der Waals surface area contributed by atoms with E-state index in [1.807, 2.05) is 52.0 Å². The van der Waals surface area contributed by atoms with Gasteiger partial charge in [-0.05, 0) is 56.5 Å². The Labute approximate surface area is 108 Å². The van der Waals surface area contributed by atoms with Crippen molar-refractivity contribution in [1.82, 2.24) is 0 Å². The zero-order chi connectivity index (χ0) is 13.3. The van der Waals surface area contributed by atoms with Gasteiger partial charge in [-0.15, -0.1) is 0 Å². The van der Waals surface area contributed by atoms with E-state index in [1.165, 1.54) is 5.56 Å². The van der Waals surface area contributed by atoms with Crippen LogP contribution in [-0.4, -0.2) is 5.11 Å². The molecule has 2 aromatic carbocycles. The van der Waals surface area contributed by atoms with Crippen LogP contribution in [0.1, 0.15) is 22.3 Å². The van der Waals surface area contributed by atoms with Crippen molar-refractivity contribution in [2.24, 2.45) is 0 Å². The Kier molecular flexibility index (Phi) is 3.28. The summed E-state index contributed by atoms with van der Waals surface area (Å²) in [6.45, 7) is 7.91. The maximum absolute atomic E-state index is 10.0. The minimum atomic E-state index is 0.209. The van der Waals surface area contributed by atoms with Gasteiger partial charge in [0, 0.05) is 0 Å². The van der Waals surface area contributed by atoms with Crippen LogP contribution in [0.25, 0.3) is 0 Å². The number of phenolic OH excluding ortho intramolecular Hbond substituents is 1. The first-order valence-corrected chi connectivity index (χ1v) is 6.02. The second-order valence-corrected chi connectivity index (χ2v) is 4.80. The molecule has 0 unspecified atom stereocenters. The Morgan fingerprint density at radius 1 is 0.778 bits per heavy atom. The largest absolute Gasteiger partial charge is 0.504 e. The van der Waals surface area contributed by atoms with Gasteiger partial charge in [0.2, 0.25) is 0 Å². The first kappa shape index (κ1) is 12.5. The molecule has 0 heterocycles. The number of hydrogen-bond donors (Lipinski definition) is 1. The fourth-order valence-electron chi connectivity index (χ4n) is 2.03. The average molecular weight is 242 g/mol. The summed E-state index contributed by atoms with van der Waals surface area (Å²) in [5.74, 6) is 1.50. The Morgan fingerprint density at radius 2 is 1.44 bits per heavy atom. The molecular formula is C16H18O2. The molecule has 2 aromatic rings. The summed E-state index contributed by atoms with van der Waals surface area (Å²) in [6, 6.07) is 9.78. The molecule has 0 bridgehead atoms. The molecule has 0 radical (unpaired) electrons. The van der Waals surface area contributed by atoms with E-state index in [-0.39, 0.29) is 5.75 Å². The summed E-state index contributed by atoms with van der Waals surface area (Å²) in [5, 5.41) is 10.0. The summed E-state index contributed by atoms with van der Waals surface area (Å²) in [5.41, 5.74) is 4.16. The van der Waals surface area contributed by atoms with Crippen molar-refractivity contribution >= 4 is 0 Å². The second kappa shape index (κ2) is 4.73. The molecule has 2 heteroatoms. The van der Waals surface area contributed by atoms with E-state index in [9.17, 15) is 5.11 Å². The van der Waals surface area contributed by atoms with E-state index in [1.54, 1.807) is 0 Å². The smallest absolute Gasteiger partial charge is 0.169 e. The number of ether oxygens (including phenoxy) is 1. The standard InChI is InChI=1S/C16H18O2/c1-10-5-6-14(12(3)7-10)18-15-9-11(2)8-13(4)16(15)17/h5-9,17H,1-4H3. The van der Waals surface area contributed by atoms with Crippen LogP contribution in [-0.2, 0) is 0 Å². The van der Waals surface area contributed by atoms with E-state index >= 15 is 0 Å². The predicted molar refractivity (Wildman–Crippen MR) is 73.6 cm³/mol. The third-order valence-electron chi connectivity index (χ3n) is 2.96. The van der Waals surface area contributed by atoms with E-state index < -0.39 is 0 Å². The van der Waals surface area contributed by atoms with Gasteiger partial charge in [0.1, 0.15) is 5.75 Å². The van der Waals surface area contributed by atoms with Crippen LogP contribution in [0.5, 0.6) is 17.2 Å². The molecule has 0 aliphatic heterocycles. The monoisotopic (exact) mass is 242 g/mol. The Morgan fingerprint density at radius 3 is 2.11 bits per heavy atom. The van der Waals surface area contributed by atoms with Crippen molar-refractivity contribution < 1.29 is 9.84 Å². The summed E-state index contributed by atoms with van der Waals surface area (Å²) >= 11 is 0. The van der Waals surface area contributed by atoms with Gasteiger partial charge in [-0.2, -0.15) is 0 Å². The predicted octanol–water partition coefficient (Wildman–Crippen LogP) is 4.42. The number of aromatic hydroxyl groups is 1. The highest BCUT2D eigenvalue weighted by Gasteiger charge is 2.09. The van der Waals surface area contributed by atoms with Gasteiger partial charge in [0.15, 0.2) is 11.5 Å². The summed E-state index contributed by atoms with van der Waals surface area (Å²) in [7, 11) is 0. The zero-order valence-corrected chi connectivity index (χ0v) is 11.2. The molecule has 2 rings (SSSR count). The van der Waals surface area contributed by atoms with Crippen molar-refractivity contribution in [3.05, 3.63) is 52.6 Å². The molecule has 0 fully saturated rings. The van der Waals surface area contributed by atoms with Gasteiger partial charge >= 0.3 is 0 Å². The normalized spacial score (nSPS) is 10.4. The van der Waals surface area contributed by atoms with E-state index in [4.69, 9.17) is 4.74 Å². The van der Waals surface area contributed by atoms with Crippen LogP contribution >= 0.6 is 0 Å². The SMILES string of the molecule is Cc1ccc(Oc2cc(C)cc(C)c2O)c(C)c1. The van der Waals surface area contributed by atoms with Gasteiger partial charge in [-0.1, -0.05) is 23.8 Å². The summed E-state index contributed by atoms with van der Waals surface area (Å²) in [4.78, 5) is 0. The van der Waals surface area contributed by atoms with Gasteiger partial charge in [0.05, 0.1) is 0 Å². The lowest BCUT2D eigenvalue weighted by molar-refractivity contribution is 0.407. The topological polar surface area (TPSA) is 29.5 Å². The number of benzene rings is 2.